The Kier molecular flexibility index (Phi) is 3.17. The topological polar surface area (TPSA) is 84.6 Å². The van der Waals surface area contributed by atoms with Crippen molar-refractivity contribution in [2.75, 3.05) is 11.4 Å². The van der Waals surface area contributed by atoms with Crippen LogP contribution >= 0.6 is 11.6 Å². The van der Waals surface area contributed by atoms with E-state index in [0.717, 1.165) is 4.90 Å². The molecule has 3 rings (SSSR count). The molecule has 0 radical (unpaired) electrons. The summed E-state index contributed by atoms with van der Waals surface area (Å²) in [5.74, 6) is -0.466. The standard InChI is InChI=1S/C15H14ClN3O3/c1-8-10(4-3-9(7-17)12(8)16)19-13(21)15(2)11(20)5-6-18(15)14(19)22/h3-4,11,20H,5-6H2,1-2H3/t11?,15-/m0/s1. The number of fused-ring (bicyclic) bond motifs is 1. The number of hydrogen-bond acceptors (Lipinski definition) is 4. The Morgan fingerprint density at radius 3 is 2.73 bits per heavy atom. The van der Waals surface area contributed by atoms with Gasteiger partial charge in [0.05, 0.1) is 22.4 Å². The number of carbonyl (C=O) groups excluding carboxylic acids is 2. The first-order chi connectivity index (χ1) is 10.3. The van der Waals surface area contributed by atoms with Crippen molar-refractivity contribution in [3.63, 3.8) is 0 Å². The van der Waals surface area contributed by atoms with Gasteiger partial charge in [-0.3, -0.25) is 4.79 Å². The van der Waals surface area contributed by atoms with Crippen LogP contribution in [-0.2, 0) is 4.79 Å². The number of carbonyl (C=O) groups is 2. The van der Waals surface area contributed by atoms with E-state index in [-0.39, 0.29) is 10.6 Å². The molecule has 1 N–H and O–H groups in total. The Labute approximate surface area is 132 Å². The molecule has 0 aromatic heterocycles. The van der Waals surface area contributed by atoms with Crippen molar-refractivity contribution < 1.29 is 14.7 Å². The lowest BCUT2D eigenvalue weighted by Gasteiger charge is -2.26. The minimum Gasteiger partial charge on any atom is -0.390 e. The third-order valence-electron chi connectivity index (χ3n) is 4.61. The van der Waals surface area contributed by atoms with Gasteiger partial charge in [-0.25, -0.2) is 9.69 Å². The van der Waals surface area contributed by atoms with Crippen LogP contribution in [0.3, 0.4) is 0 Å². The average molecular weight is 320 g/mol. The van der Waals surface area contributed by atoms with Crippen LogP contribution in [0.2, 0.25) is 5.02 Å². The summed E-state index contributed by atoms with van der Waals surface area (Å²) in [6.07, 6.45) is -0.502. The molecule has 114 valence electrons. The van der Waals surface area contributed by atoms with Crippen LogP contribution < -0.4 is 4.90 Å². The Hall–Kier alpha value is -2.10. The lowest BCUT2D eigenvalue weighted by atomic mass is 9.95. The molecule has 0 spiro atoms. The van der Waals surface area contributed by atoms with Crippen LogP contribution in [0.5, 0.6) is 0 Å². The summed E-state index contributed by atoms with van der Waals surface area (Å²) in [6.45, 7) is 3.56. The van der Waals surface area contributed by atoms with Crippen LogP contribution in [0.4, 0.5) is 10.5 Å². The lowest BCUT2D eigenvalue weighted by Crippen LogP contribution is -2.49. The monoisotopic (exact) mass is 319 g/mol. The molecule has 2 saturated heterocycles. The first kappa shape index (κ1) is 14.8. The number of hydrogen-bond donors (Lipinski definition) is 1. The van der Waals surface area contributed by atoms with Gasteiger partial charge in [-0.1, -0.05) is 11.6 Å². The predicted octanol–water partition coefficient (Wildman–Crippen LogP) is 1.81. The molecule has 2 heterocycles. The fourth-order valence-corrected chi connectivity index (χ4v) is 3.35. The lowest BCUT2D eigenvalue weighted by molar-refractivity contribution is -0.126. The molecule has 0 aliphatic carbocycles. The summed E-state index contributed by atoms with van der Waals surface area (Å²) in [7, 11) is 0. The molecule has 7 heteroatoms. The summed E-state index contributed by atoms with van der Waals surface area (Å²) in [5.41, 5.74) is -0.110. The summed E-state index contributed by atoms with van der Waals surface area (Å²) in [4.78, 5) is 27.8. The van der Waals surface area contributed by atoms with Crippen LogP contribution in [0.25, 0.3) is 0 Å². The molecule has 0 saturated carbocycles. The molecule has 2 aliphatic heterocycles. The van der Waals surface area contributed by atoms with E-state index in [9.17, 15) is 14.7 Å². The molecule has 0 bridgehead atoms. The van der Waals surface area contributed by atoms with Crippen LogP contribution in [0, 0.1) is 18.3 Å². The quantitative estimate of drug-likeness (QED) is 0.800. The van der Waals surface area contributed by atoms with Gasteiger partial charge in [0.1, 0.15) is 11.6 Å². The van der Waals surface area contributed by atoms with Crippen LogP contribution in [-0.4, -0.2) is 40.1 Å². The highest BCUT2D eigenvalue weighted by Gasteiger charge is 2.61. The second-order valence-electron chi connectivity index (χ2n) is 5.71. The van der Waals surface area contributed by atoms with Gasteiger partial charge in [-0.2, -0.15) is 5.26 Å². The van der Waals surface area contributed by atoms with E-state index in [0.29, 0.717) is 24.2 Å². The van der Waals surface area contributed by atoms with Crippen molar-refractivity contribution in [2.24, 2.45) is 0 Å². The minimum atomic E-state index is -1.23. The second-order valence-corrected chi connectivity index (χ2v) is 6.09. The van der Waals surface area contributed by atoms with E-state index >= 15 is 0 Å². The number of urea groups is 1. The van der Waals surface area contributed by atoms with Gasteiger partial charge in [-0.05, 0) is 38.0 Å². The van der Waals surface area contributed by atoms with Crippen molar-refractivity contribution >= 4 is 29.2 Å². The van der Waals surface area contributed by atoms with Crippen molar-refractivity contribution in [1.29, 1.82) is 5.26 Å². The van der Waals surface area contributed by atoms with Gasteiger partial charge in [0.15, 0.2) is 0 Å². The highest BCUT2D eigenvalue weighted by Crippen LogP contribution is 2.41. The number of imide groups is 1. The molecule has 2 aliphatic rings. The van der Waals surface area contributed by atoms with Crippen molar-refractivity contribution in [3.8, 4) is 6.07 Å². The zero-order chi connectivity index (χ0) is 16.2. The summed E-state index contributed by atoms with van der Waals surface area (Å²) >= 11 is 6.12. The Morgan fingerprint density at radius 1 is 1.45 bits per heavy atom. The van der Waals surface area contributed by atoms with Crippen molar-refractivity contribution in [3.05, 3.63) is 28.3 Å². The zero-order valence-corrected chi connectivity index (χ0v) is 12.9. The normalized spacial score (nSPS) is 27.3. The Morgan fingerprint density at radius 2 is 2.14 bits per heavy atom. The van der Waals surface area contributed by atoms with Crippen molar-refractivity contribution in [1.82, 2.24) is 4.90 Å². The Balaban J connectivity index is 2.12. The molecule has 1 unspecified atom stereocenters. The van der Waals surface area contributed by atoms with E-state index in [1.165, 1.54) is 17.0 Å². The van der Waals surface area contributed by atoms with Gasteiger partial charge < -0.3 is 10.0 Å². The van der Waals surface area contributed by atoms with E-state index in [2.05, 4.69) is 0 Å². The number of anilines is 1. The van der Waals surface area contributed by atoms with Gasteiger partial charge >= 0.3 is 6.03 Å². The smallest absolute Gasteiger partial charge is 0.332 e. The number of halogens is 1. The Bertz CT molecular complexity index is 742. The van der Waals surface area contributed by atoms with Crippen LogP contribution in [0.15, 0.2) is 12.1 Å². The van der Waals surface area contributed by atoms with E-state index in [1.807, 2.05) is 6.07 Å². The van der Waals surface area contributed by atoms with Gasteiger partial charge in [0.25, 0.3) is 5.91 Å². The second kappa shape index (κ2) is 4.70. The summed E-state index contributed by atoms with van der Waals surface area (Å²) in [6, 6.07) is 4.51. The predicted molar refractivity (Wildman–Crippen MR) is 79.5 cm³/mol. The highest BCUT2D eigenvalue weighted by molar-refractivity contribution is 6.33. The summed E-state index contributed by atoms with van der Waals surface area (Å²) in [5, 5.41) is 19.3. The molecule has 6 nitrogen and oxygen atoms in total. The third-order valence-corrected chi connectivity index (χ3v) is 5.10. The number of nitriles is 1. The van der Waals surface area contributed by atoms with Crippen molar-refractivity contribution in [2.45, 2.75) is 31.9 Å². The largest absolute Gasteiger partial charge is 0.390 e. The number of benzene rings is 1. The molecular formula is C15H14ClN3O3. The first-order valence-corrected chi connectivity index (χ1v) is 7.25. The number of aliphatic hydroxyl groups excluding tert-OH is 1. The maximum atomic E-state index is 12.7. The SMILES string of the molecule is Cc1c(N2C(=O)N3CCC(O)[C@@]3(C)C2=O)ccc(C#N)c1Cl. The molecule has 3 amide bonds. The number of aliphatic hydroxyl groups is 1. The van der Waals surface area contributed by atoms with E-state index < -0.39 is 23.6 Å². The number of rotatable bonds is 1. The van der Waals surface area contributed by atoms with Gasteiger partial charge in [0.2, 0.25) is 0 Å². The first-order valence-electron chi connectivity index (χ1n) is 6.87. The maximum absolute atomic E-state index is 12.7. The fraction of sp³-hybridized carbons (Fsp3) is 0.400. The van der Waals surface area contributed by atoms with Gasteiger partial charge in [0, 0.05) is 6.54 Å². The minimum absolute atomic E-state index is 0.221. The van der Waals surface area contributed by atoms with Gasteiger partial charge in [-0.15, -0.1) is 0 Å². The number of amides is 3. The molecular weight excluding hydrogens is 306 g/mol. The molecule has 1 aromatic rings. The highest BCUT2D eigenvalue weighted by atomic mass is 35.5. The maximum Gasteiger partial charge on any atom is 0.332 e. The zero-order valence-electron chi connectivity index (χ0n) is 12.1. The summed E-state index contributed by atoms with van der Waals surface area (Å²) < 4.78 is 0. The molecule has 1 aromatic carbocycles. The molecule has 2 fully saturated rings. The van der Waals surface area contributed by atoms with E-state index in [4.69, 9.17) is 16.9 Å². The average Bonchev–Trinajstić information content (AvgIpc) is 2.89. The molecule has 22 heavy (non-hydrogen) atoms. The fourth-order valence-electron chi connectivity index (χ4n) is 3.15. The third kappa shape index (κ3) is 1.64. The van der Waals surface area contributed by atoms with E-state index in [1.54, 1.807) is 13.8 Å². The van der Waals surface area contributed by atoms with Crippen LogP contribution in [0.1, 0.15) is 24.5 Å². The number of nitrogens with zero attached hydrogens (tertiary/aromatic N) is 3. The molecule has 2 atom stereocenters.